The molecule has 0 saturated heterocycles. The van der Waals surface area contributed by atoms with E-state index in [0.29, 0.717) is 17.1 Å². The molecule has 0 fully saturated rings. The van der Waals surface area contributed by atoms with Gasteiger partial charge in [-0.3, -0.25) is 19.4 Å². The van der Waals surface area contributed by atoms with E-state index in [9.17, 15) is 9.59 Å². The standard InChI is InChI=1S/C32H32N2O2/c1-5-27-28(32(2,3)4)22-15-23-29(27)34(26-20-13-8-14-21-26)31(36)30(35)33(24-16-9-6-10-17-24)25-18-11-7-12-19-25/h6-23H,5H2,1-4H3. The van der Waals surface area contributed by atoms with Crippen molar-refractivity contribution in [3.63, 3.8) is 0 Å². The summed E-state index contributed by atoms with van der Waals surface area (Å²) in [5.41, 5.74) is 4.75. The van der Waals surface area contributed by atoms with E-state index in [0.717, 1.165) is 23.2 Å². The summed E-state index contributed by atoms with van der Waals surface area (Å²) in [5.74, 6) is -1.24. The smallest absolute Gasteiger partial charge is 0.273 e. The van der Waals surface area contributed by atoms with Gasteiger partial charge in [-0.15, -0.1) is 0 Å². The van der Waals surface area contributed by atoms with Crippen molar-refractivity contribution in [2.24, 2.45) is 0 Å². The predicted octanol–water partition coefficient (Wildman–Crippen LogP) is 7.58. The third-order valence-electron chi connectivity index (χ3n) is 6.19. The van der Waals surface area contributed by atoms with Crippen LogP contribution < -0.4 is 9.80 Å². The number of carbonyl (C=O) groups is 2. The highest BCUT2D eigenvalue weighted by molar-refractivity contribution is 6.47. The lowest BCUT2D eigenvalue weighted by Gasteiger charge is -2.31. The zero-order valence-electron chi connectivity index (χ0n) is 21.3. The first kappa shape index (κ1) is 24.9. The van der Waals surface area contributed by atoms with Crippen LogP contribution in [0.15, 0.2) is 109 Å². The van der Waals surface area contributed by atoms with Crippen molar-refractivity contribution in [1.82, 2.24) is 0 Å². The molecule has 182 valence electrons. The summed E-state index contributed by atoms with van der Waals surface area (Å²) in [6.07, 6.45) is 0.731. The average Bonchev–Trinajstić information content (AvgIpc) is 2.90. The van der Waals surface area contributed by atoms with Crippen molar-refractivity contribution in [1.29, 1.82) is 0 Å². The summed E-state index contributed by atoms with van der Waals surface area (Å²) in [4.78, 5) is 31.3. The Morgan fingerprint density at radius 1 is 0.583 bits per heavy atom. The summed E-state index contributed by atoms with van der Waals surface area (Å²) in [5, 5.41) is 0. The molecule has 0 saturated carbocycles. The van der Waals surface area contributed by atoms with Gasteiger partial charge in [0.25, 0.3) is 0 Å². The number of rotatable bonds is 5. The summed E-state index contributed by atoms with van der Waals surface area (Å²) in [7, 11) is 0. The second-order valence-electron chi connectivity index (χ2n) is 9.69. The Hall–Kier alpha value is -4.18. The fourth-order valence-corrected chi connectivity index (χ4v) is 4.53. The Morgan fingerprint density at radius 3 is 1.42 bits per heavy atom. The van der Waals surface area contributed by atoms with Crippen molar-refractivity contribution < 1.29 is 9.59 Å². The lowest BCUT2D eigenvalue weighted by molar-refractivity contribution is -0.135. The molecule has 0 aliphatic rings. The van der Waals surface area contributed by atoms with Crippen LogP contribution in [0.3, 0.4) is 0 Å². The van der Waals surface area contributed by atoms with E-state index >= 15 is 0 Å². The number of para-hydroxylation sites is 3. The fourth-order valence-electron chi connectivity index (χ4n) is 4.53. The SMILES string of the molecule is CCc1c(N(C(=O)C(=O)N(c2ccccc2)c2ccccc2)c2ccccc2)cccc1C(C)(C)C. The van der Waals surface area contributed by atoms with Gasteiger partial charge < -0.3 is 0 Å². The van der Waals surface area contributed by atoms with Crippen LogP contribution in [0.2, 0.25) is 0 Å². The van der Waals surface area contributed by atoms with Gasteiger partial charge in [-0.25, -0.2) is 0 Å². The van der Waals surface area contributed by atoms with Gasteiger partial charge in [0.15, 0.2) is 0 Å². The molecular weight excluding hydrogens is 444 g/mol. The highest BCUT2D eigenvalue weighted by Gasteiger charge is 2.33. The predicted molar refractivity (Wildman–Crippen MR) is 148 cm³/mol. The molecule has 0 unspecified atom stereocenters. The van der Waals surface area contributed by atoms with E-state index in [1.807, 2.05) is 103 Å². The summed E-state index contributed by atoms with van der Waals surface area (Å²) >= 11 is 0. The molecular formula is C32H32N2O2. The summed E-state index contributed by atoms with van der Waals surface area (Å²) in [6, 6.07) is 34.0. The monoisotopic (exact) mass is 476 g/mol. The third kappa shape index (κ3) is 5.08. The van der Waals surface area contributed by atoms with Gasteiger partial charge in [-0.1, -0.05) is 94.4 Å². The Labute approximate surface area is 213 Å². The van der Waals surface area contributed by atoms with Gasteiger partial charge in [0.1, 0.15) is 0 Å². The van der Waals surface area contributed by atoms with Gasteiger partial charge >= 0.3 is 11.8 Å². The topological polar surface area (TPSA) is 40.6 Å². The van der Waals surface area contributed by atoms with Gasteiger partial charge in [0.2, 0.25) is 0 Å². The molecule has 0 radical (unpaired) electrons. The van der Waals surface area contributed by atoms with Crippen molar-refractivity contribution in [3.05, 3.63) is 120 Å². The Kier molecular flexibility index (Phi) is 7.35. The maximum Gasteiger partial charge on any atom is 0.321 e. The molecule has 0 N–H and O–H groups in total. The van der Waals surface area contributed by atoms with Crippen LogP contribution in [0.1, 0.15) is 38.8 Å². The van der Waals surface area contributed by atoms with Gasteiger partial charge in [-0.2, -0.15) is 0 Å². The minimum absolute atomic E-state index is 0.114. The van der Waals surface area contributed by atoms with E-state index in [1.165, 1.54) is 4.90 Å². The van der Waals surface area contributed by atoms with Crippen molar-refractivity contribution >= 4 is 34.6 Å². The molecule has 0 aliphatic carbocycles. The molecule has 0 aliphatic heterocycles. The number of anilines is 4. The first-order valence-electron chi connectivity index (χ1n) is 12.3. The van der Waals surface area contributed by atoms with Crippen LogP contribution in [0.5, 0.6) is 0 Å². The molecule has 0 atom stereocenters. The number of benzene rings is 4. The number of hydrogen-bond acceptors (Lipinski definition) is 2. The molecule has 0 aromatic heterocycles. The molecule has 4 aromatic carbocycles. The van der Waals surface area contributed by atoms with Crippen LogP contribution in [-0.2, 0) is 21.4 Å². The van der Waals surface area contributed by atoms with Crippen LogP contribution in [-0.4, -0.2) is 11.8 Å². The molecule has 0 bridgehead atoms. The molecule has 4 aromatic rings. The van der Waals surface area contributed by atoms with Gasteiger partial charge in [0.05, 0.1) is 5.69 Å². The number of nitrogens with zero attached hydrogens (tertiary/aromatic N) is 2. The van der Waals surface area contributed by atoms with Gasteiger partial charge in [-0.05, 0) is 65.4 Å². The first-order chi connectivity index (χ1) is 17.3. The maximum atomic E-state index is 14.2. The molecule has 0 heterocycles. The lowest BCUT2D eigenvalue weighted by Crippen LogP contribution is -2.42. The Morgan fingerprint density at radius 2 is 1.00 bits per heavy atom. The molecule has 0 spiro atoms. The van der Waals surface area contributed by atoms with E-state index in [1.54, 1.807) is 4.90 Å². The third-order valence-corrected chi connectivity index (χ3v) is 6.19. The minimum Gasteiger partial charge on any atom is -0.273 e. The number of hydrogen-bond donors (Lipinski definition) is 0. The highest BCUT2D eigenvalue weighted by Crippen LogP contribution is 2.37. The number of amides is 2. The zero-order chi connectivity index (χ0) is 25.7. The van der Waals surface area contributed by atoms with E-state index < -0.39 is 11.8 Å². The largest absolute Gasteiger partial charge is 0.321 e. The first-order valence-corrected chi connectivity index (χ1v) is 12.3. The quantitative estimate of drug-likeness (QED) is 0.279. The summed E-state index contributed by atoms with van der Waals surface area (Å²) < 4.78 is 0. The molecule has 4 nitrogen and oxygen atoms in total. The fraction of sp³-hybridized carbons (Fsp3) is 0.188. The molecule has 36 heavy (non-hydrogen) atoms. The van der Waals surface area contributed by atoms with Crippen molar-refractivity contribution in [2.45, 2.75) is 39.5 Å². The Bertz CT molecular complexity index is 1290. The highest BCUT2D eigenvalue weighted by atomic mass is 16.2. The molecule has 4 rings (SSSR count). The second kappa shape index (κ2) is 10.6. The van der Waals surface area contributed by atoms with Crippen LogP contribution in [0, 0.1) is 0 Å². The van der Waals surface area contributed by atoms with E-state index in [4.69, 9.17) is 0 Å². The van der Waals surface area contributed by atoms with Gasteiger partial charge in [0, 0.05) is 17.1 Å². The molecule has 4 heteroatoms. The lowest BCUT2D eigenvalue weighted by atomic mass is 9.82. The average molecular weight is 477 g/mol. The summed E-state index contributed by atoms with van der Waals surface area (Å²) in [6.45, 7) is 8.58. The van der Waals surface area contributed by atoms with Crippen LogP contribution in [0.4, 0.5) is 22.7 Å². The Balaban J connectivity index is 1.89. The second-order valence-corrected chi connectivity index (χ2v) is 9.69. The normalized spacial score (nSPS) is 11.1. The zero-order valence-corrected chi connectivity index (χ0v) is 21.3. The van der Waals surface area contributed by atoms with Crippen molar-refractivity contribution in [2.75, 3.05) is 9.80 Å². The van der Waals surface area contributed by atoms with Crippen LogP contribution in [0.25, 0.3) is 0 Å². The van der Waals surface area contributed by atoms with E-state index in [2.05, 4.69) is 33.8 Å². The van der Waals surface area contributed by atoms with Crippen LogP contribution >= 0.6 is 0 Å². The maximum absolute atomic E-state index is 14.2. The number of carbonyl (C=O) groups excluding carboxylic acids is 2. The van der Waals surface area contributed by atoms with E-state index in [-0.39, 0.29) is 5.41 Å². The minimum atomic E-state index is -0.625. The molecule has 2 amide bonds. The van der Waals surface area contributed by atoms with Crippen molar-refractivity contribution in [3.8, 4) is 0 Å².